The van der Waals surface area contributed by atoms with Gasteiger partial charge in [-0.3, -0.25) is 0 Å². The minimum absolute atomic E-state index is 0.270. The van der Waals surface area contributed by atoms with Gasteiger partial charge in [-0.25, -0.2) is 0 Å². The Hall–Kier alpha value is -0.0800. The topological polar surface area (TPSA) is 21.3 Å². The zero-order valence-electron chi connectivity index (χ0n) is 15.3. The van der Waals surface area contributed by atoms with E-state index in [1.807, 2.05) is 0 Å². The van der Waals surface area contributed by atoms with Gasteiger partial charge in [-0.2, -0.15) is 0 Å². The highest BCUT2D eigenvalue weighted by Gasteiger charge is 2.37. The first-order chi connectivity index (χ1) is 9.85. The minimum Gasteiger partial charge on any atom is -0.381 e. The van der Waals surface area contributed by atoms with Crippen LogP contribution >= 0.6 is 0 Å². The summed E-state index contributed by atoms with van der Waals surface area (Å²) in [6.07, 6.45) is 11.9. The van der Waals surface area contributed by atoms with Gasteiger partial charge in [0.1, 0.15) is 0 Å². The highest BCUT2D eigenvalue weighted by atomic mass is 16.5. The predicted molar refractivity (Wildman–Crippen MR) is 92.8 cm³/mol. The molecule has 1 fully saturated rings. The van der Waals surface area contributed by atoms with Gasteiger partial charge in [0.05, 0.1) is 0 Å². The average molecular weight is 298 g/mol. The maximum Gasteiger partial charge on any atom is 0.0468 e. The predicted octanol–water partition coefficient (Wildman–Crippen LogP) is 5.31. The summed E-state index contributed by atoms with van der Waals surface area (Å²) in [5.74, 6) is 0.806. The van der Waals surface area contributed by atoms with Crippen LogP contribution in [0.2, 0.25) is 0 Å². The van der Waals surface area contributed by atoms with Crippen LogP contribution in [0.25, 0.3) is 0 Å². The van der Waals surface area contributed by atoms with E-state index in [9.17, 15) is 0 Å². The van der Waals surface area contributed by atoms with Crippen molar-refractivity contribution < 1.29 is 4.74 Å². The number of hydrogen-bond acceptors (Lipinski definition) is 2. The molecule has 0 spiro atoms. The van der Waals surface area contributed by atoms with Crippen LogP contribution in [0.15, 0.2) is 0 Å². The molecular formula is C19H39NO. The van der Waals surface area contributed by atoms with Crippen LogP contribution in [0.1, 0.15) is 92.4 Å². The van der Waals surface area contributed by atoms with Crippen LogP contribution in [-0.2, 0) is 4.74 Å². The molecule has 1 rings (SSSR count). The molecule has 1 N–H and O–H groups in total. The fourth-order valence-electron chi connectivity index (χ4n) is 4.07. The molecule has 2 nitrogen and oxygen atoms in total. The Morgan fingerprint density at radius 2 is 1.43 bits per heavy atom. The standard InChI is InChI=1S/C19H39NO/c1-6-7-8-9-10-11-13-21-14-12-17-15-18(2,3)20-19(4,5)16-17/h17,20H,6-16H2,1-5H3. The second kappa shape index (κ2) is 9.15. The fourth-order valence-corrected chi connectivity index (χ4v) is 4.07. The summed E-state index contributed by atoms with van der Waals surface area (Å²) < 4.78 is 5.86. The highest BCUT2D eigenvalue weighted by Crippen LogP contribution is 2.34. The maximum absolute atomic E-state index is 5.86. The minimum atomic E-state index is 0.270. The molecule has 21 heavy (non-hydrogen) atoms. The van der Waals surface area contributed by atoms with Crippen molar-refractivity contribution >= 4 is 0 Å². The lowest BCUT2D eigenvalue weighted by Crippen LogP contribution is -2.57. The molecule has 0 saturated carbocycles. The van der Waals surface area contributed by atoms with Crippen LogP contribution in [0, 0.1) is 5.92 Å². The molecule has 0 atom stereocenters. The van der Waals surface area contributed by atoms with Gasteiger partial charge in [0, 0.05) is 24.3 Å². The van der Waals surface area contributed by atoms with E-state index in [1.165, 1.54) is 57.8 Å². The lowest BCUT2D eigenvalue weighted by atomic mass is 9.75. The van der Waals surface area contributed by atoms with Crippen molar-refractivity contribution in [2.24, 2.45) is 5.92 Å². The lowest BCUT2D eigenvalue weighted by molar-refractivity contribution is 0.0769. The quantitative estimate of drug-likeness (QED) is 0.552. The first-order valence-electron chi connectivity index (χ1n) is 9.22. The monoisotopic (exact) mass is 297 g/mol. The van der Waals surface area contributed by atoms with Crippen molar-refractivity contribution in [2.75, 3.05) is 13.2 Å². The van der Waals surface area contributed by atoms with Crippen molar-refractivity contribution in [3.8, 4) is 0 Å². The number of rotatable bonds is 10. The van der Waals surface area contributed by atoms with E-state index >= 15 is 0 Å². The average Bonchev–Trinajstić information content (AvgIpc) is 2.33. The second-order valence-electron chi connectivity index (χ2n) is 8.34. The summed E-state index contributed by atoms with van der Waals surface area (Å²) >= 11 is 0. The molecule has 0 aliphatic carbocycles. The Kier molecular flexibility index (Phi) is 8.26. The summed E-state index contributed by atoms with van der Waals surface area (Å²) in [6, 6.07) is 0. The number of nitrogens with one attached hydrogen (secondary N) is 1. The lowest BCUT2D eigenvalue weighted by Gasteiger charge is -2.46. The molecule has 0 bridgehead atoms. The molecule has 2 heteroatoms. The zero-order chi connectivity index (χ0) is 15.8. The summed E-state index contributed by atoms with van der Waals surface area (Å²) in [5, 5.41) is 3.76. The third-order valence-corrected chi connectivity index (χ3v) is 4.59. The van der Waals surface area contributed by atoms with Gasteiger partial charge >= 0.3 is 0 Å². The van der Waals surface area contributed by atoms with Crippen LogP contribution < -0.4 is 5.32 Å². The van der Waals surface area contributed by atoms with Crippen LogP contribution in [0.5, 0.6) is 0 Å². The Bertz CT molecular complexity index is 257. The smallest absolute Gasteiger partial charge is 0.0468 e. The summed E-state index contributed by atoms with van der Waals surface area (Å²) in [7, 11) is 0. The first kappa shape index (κ1) is 19.0. The molecular weight excluding hydrogens is 258 g/mol. The molecule has 0 radical (unpaired) electrons. The van der Waals surface area contributed by atoms with Crippen molar-refractivity contribution in [3.63, 3.8) is 0 Å². The third kappa shape index (κ3) is 8.83. The van der Waals surface area contributed by atoms with Crippen LogP contribution in [0.4, 0.5) is 0 Å². The molecule has 1 aliphatic heterocycles. The number of unbranched alkanes of at least 4 members (excludes halogenated alkanes) is 5. The molecule has 0 aromatic heterocycles. The molecule has 0 aromatic rings. The maximum atomic E-state index is 5.86. The molecule has 1 aliphatic rings. The van der Waals surface area contributed by atoms with Gasteiger partial charge in [0.2, 0.25) is 0 Å². The van der Waals surface area contributed by atoms with Crippen molar-refractivity contribution in [3.05, 3.63) is 0 Å². The van der Waals surface area contributed by atoms with Crippen LogP contribution in [-0.4, -0.2) is 24.3 Å². The van der Waals surface area contributed by atoms with Gasteiger partial charge in [0.15, 0.2) is 0 Å². The van der Waals surface area contributed by atoms with Crippen molar-refractivity contribution in [1.29, 1.82) is 0 Å². The van der Waals surface area contributed by atoms with Gasteiger partial charge in [-0.15, -0.1) is 0 Å². The largest absolute Gasteiger partial charge is 0.381 e. The third-order valence-electron chi connectivity index (χ3n) is 4.59. The zero-order valence-corrected chi connectivity index (χ0v) is 15.3. The Labute approximate surface area is 133 Å². The number of hydrogen-bond donors (Lipinski definition) is 1. The molecule has 1 heterocycles. The molecule has 0 unspecified atom stereocenters. The normalized spacial score (nSPS) is 21.6. The van der Waals surface area contributed by atoms with E-state index in [4.69, 9.17) is 4.74 Å². The fraction of sp³-hybridized carbons (Fsp3) is 1.00. The summed E-state index contributed by atoms with van der Waals surface area (Å²) in [6.45, 7) is 13.5. The SMILES string of the molecule is CCCCCCCCOCCC1CC(C)(C)NC(C)(C)C1. The molecule has 1 saturated heterocycles. The van der Waals surface area contributed by atoms with E-state index < -0.39 is 0 Å². The van der Waals surface area contributed by atoms with Crippen LogP contribution in [0.3, 0.4) is 0 Å². The molecule has 126 valence electrons. The molecule has 0 amide bonds. The highest BCUT2D eigenvalue weighted by molar-refractivity contribution is 4.96. The second-order valence-corrected chi connectivity index (χ2v) is 8.34. The van der Waals surface area contributed by atoms with Crippen molar-refractivity contribution in [1.82, 2.24) is 5.32 Å². The van der Waals surface area contributed by atoms with E-state index in [-0.39, 0.29) is 11.1 Å². The van der Waals surface area contributed by atoms with Gasteiger partial charge < -0.3 is 10.1 Å². The Balaban J connectivity index is 2.04. The number of ether oxygens (including phenoxy) is 1. The van der Waals surface area contributed by atoms with E-state index in [0.717, 1.165) is 19.1 Å². The van der Waals surface area contributed by atoms with Gasteiger partial charge in [-0.05, 0) is 59.3 Å². The van der Waals surface area contributed by atoms with Gasteiger partial charge in [-0.1, -0.05) is 39.0 Å². The Morgan fingerprint density at radius 3 is 2.05 bits per heavy atom. The van der Waals surface area contributed by atoms with Crippen molar-refractivity contribution in [2.45, 2.75) is 103 Å². The van der Waals surface area contributed by atoms with E-state index in [1.54, 1.807) is 0 Å². The number of piperidine rings is 1. The molecule has 0 aromatic carbocycles. The van der Waals surface area contributed by atoms with E-state index in [0.29, 0.717) is 0 Å². The van der Waals surface area contributed by atoms with Gasteiger partial charge in [0.25, 0.3) is 0 Å². The summed E-state index contributed by atoms with van der Waals surface area (Å²) in [5.41, 5.74) is 0.539. The summed E-state index contributed by atoms with van der Waals surface area (Å²) in [4.78, 5) is 0. The first-order valence-corrected chi connectivity index (χ1v) is 9.22. The van der Waals surface area contributed by atoms with E-state index in [2.05, 4.69) is 39.9 Å². The Morgan fingerprint density at radius 1 is 0.857 bits per heavy atom.